The molecule has 1 aliphatic heterocycles. The van der Waals surface area contributed by atoms with E-state index in [0.717, 1.165) is 6.42 Å². The number of epoxide rings is 1. The van der Waals surface area contributed by atoms with Gasteiger partial charge in [-0.15, -0.1) is 0 Å². The molecular weight excluding hydrogens is 156 g/mol. The molecule has 1 heterocycles. The third kappa shape index (κ3) is 0.808. The van der Waals surface area contributed by atoms with Crippen molar-refractivity contribution in [1.82, 2.24) is 0 Å². The number of carbonyl (C=O) groups is 1. The fourth-order valence-electron chi connectivity index (χ4n) is 2.79. The number of Topliss-reactive ketones (excluding diaryl/α,β-unsaturated/α-hetero) is 1. The monoisotopic (exact) mass is 168 g/mol. The van der Waals surface area contributed by atoms with Crippen molar-refractivity contribution in [1.29, 1.82) is 0 Å². The number of aliphatic hydroxyl groups excluding tert-OH is 1. The summed E-state index contributed by atoms with van der Waals surface area (Å²) < 4.78 is 5.35. The van der Waals surface area contributed by atoms with E-state index < -0.39 is 0 Å². The molecule has 1 N–H and O–H groups in total. The van der Waals surface area contributed by atoms with Gasteiger partial charge in [-0.2, -0.15) is 0 Å². The smallest absolute Gasteiger partial charge is 0.133 e. The maximum Gasteiger partial charge on any atom is 0.133 e. The molecule has 0 aromatic rings. The van der Waals surface area contributed by atoms with E-state index in [2.05, 4.69) is 0 Å². The lowest BCUT2D eigenvalue weighted by atomic mass is 9.70. The van der Waals surface area contributed by atoms with Crippen molar-refractivity contribution >= 4 is 5.78 Å². The van der Waals surface area contributed by atoms with Gasteiger partial charge in [0.1, 0.15) is 11.9 Å². The zero-order valence-electron chi connectivity index (χ0n) is 6.77. The highest BCUT2D eigenvalue weighted by atomic mass is 16.6. The molecule has 0 aromatic carbocycles. The third-order valence-corrected chi connectivity index (χ3v) is 3.43. The second-order valence-corrected chi connectivity index (χ2v) is 4.26. The molecule has 3 nitrogen and oxygen atoms in total. The van der Waals surface area contributed by atoms with Crippen LogP contribution in [0.25, 0.3) is 0 Å². The van der Waals surface area contributed by atoms with Gasteiger partial charge in [0.05, 0.1) is 12.2 Å². The molecule has 2 saturated carbocycles. The van der Waals surface area contributed by atoms with Crippen molar-refractivity contribution in [3.05, 3.63) is 0 Å². The molecule has 5 atom stereocenters. The molecule has 3 heteroatoms. The second kappa shape index (κ2) is 2.09. The Bertz CT molecular complexity index is 238. The Morgan fingerprint density at radius 2 is 2.00 bits per heavy atom. The fraction of sp³-hybridized carbons (Fsp3) is 0.889. The first-order valence-electron chi connectivity index (χ1n) is 4.61. The Labute approximate surface area is 70.7 Å². The van der Waals surface area contributed by atoms with Gasteiger partial charge >= 0.3 is 0 Å². The summed E-state index contributed by atoms with van der Waals surface area (Å²) in [5.74, 6) is 0.925. The zero-order chi connectivity index (χ0) is 8.29. The summed E-state index contributed by atoms with van der Waals surface area (Å²) in [5, 5.41) is 9.67. The van der Waals surface area contributed by atoms with Crippen molar-refractivity contribution in [2.45, 2.75) is 37.6 Å². The van der Waals surface area contributed by atoms with Crippen molar-refractivity contribution < 1.29 is 14.6 Å². The average Bonchev–Trinajstić information content (AvgIpc) is 2.79. The maximum atomic E-state index is 11.2. The van der Waals surface area contributed by atoms with Gasteiger partial charge in [-0.05, 0) is 18.3 Å². The number of ether oxygens (including phenoxy) is 1. The molecular formula is C9H12O3. The number of aliphatic hydroxyl groups is 1. The molecule has 3 fully saturated rings. The molecule has 12 heavy (non-hydrogen) atoms. The largest absolute Gasteiger partial charge is 0.390 e. The Morgan fingerprint density at radius 3 is 2.83 bits per heavy atom. The van der Waals surface area contributed by atoms with Gasteiger partial charge in [0, 0.05) is 12.8 Å². The Morgan fingerprint density at radius 1 is 1.25 bits per heavy atom. The standard InChI is InChI=1S/C9H12O3/c10-6-2-4-1-5(3-6)8-9(12-8)7(4)11/h4-5,7-9,11H,1-3H2. The fourth-order valence-corrected chi connectivity index (χ4v) is 2.79. The third-order valence-electron chi connectivity index (χ3n) is 3.43. The highest BCUT2D eigenvalue weighted by molar-refractivity contribution is 5.80. The van der Waals surface area contributed by atoms with Crippen LogP contribution in [0.1, 0.15) is 19.3 Å². The average molecular weight is 168 g/mol. The molecule has 66 valence electrons. The van der Waals surface area contributed by atoms with Crippen molar-refractivity contribution in [2.24, 2.45) is 11.8 Å². The lowest BCUT2D eigenvalue weighted by Crippen LogP contribution is -2.41. The molecule has 2 bridgehead atoms. The first-order valence-corrected chi connectivity index (χ1v) is 4.61. The number of hydrogen-bond acceptors (Lipinski definition) is 3. The van der Waals surface area contributed by atoms with E-state index >= 15 is 0 Å². The normalized spacial score (nSPS) is 56.4. The molecule has 0 spiro atoms. The summed E-state index contributed by atoms with van der Waals surface area (Å²) in [6, 6.07) is 0. The van der Waals surface area contributed by atoms with Crippen LogP contribution in [0.3, 0.4) is 0 Å². The van der Waals surface area contributed by atoms with E-state index in [1.165, 1.54) is 0 Å². The number of fused-ring (bicyclic) bond motifs is 4. The lowest BCUT2D eigenvalue weighted by molar-refractivity contribution is -0.125. The molecule has 0 radical (unpaired) electrons. The summed E-state index contributed by atoms with van der Waals surface area (Å²) in [7, 11) is 0. The van der Waals surface area contributed by atoms with Crippen LogP contribution in [0.5, 0.6) is 0 Å². The first kappa shape index (κ1) is 7.04. The van der Waals surface area contributed by atoms with Gasteiger partial charge in [-0.3, -0.25) is 4.79 Å². The molecule has 0 aromatic heterocycles. The van der Waals surface area contributed by atoms with Gasteiger partial charge in [0.15, 0.2) is 0 Å². The molecule has 0 amide bonds. The Hall–Kier alpha value is -0.410. The summed E-state index contributed by atoms with van der Waals surface area (Å²) >= 11 is 0. The quantitative estimate of drug-likeness (QED) is 0.522. The van der Waals surface area contributed by atoms with E-state index in [1.54, 1.807) is 0 Å². The number of ketones is 1. The van der Waals surface area contributed by atoms with Gasteiger partial charge in [-0.1, -0.05) is 0 Å². The van der Waals surface area contributed by atoms with Crippen LogP contribution in [0.2, 0.25) is 0 Å². The molecule has 5 unspecified atom stereocenters. The minimum Gasteiger partial charge on any atom is -0.390 e. The van der Waals surface area contributed by atoms with E-state index in [9.17, 15) is 9.90 Å². The van der Waals surface area contributed by atoms with Gasteiger partial charge in [0.2, 0.25) is 0 Å². The van der Waals surface area contributed by atoms with Gasteiger partial charge in [0.25, 0.3) is 0 Å². The summed E-state index contributed by atoms with van der Waals surface area (Å²) in [4.78, 5) is 11.2. The van der Waals surface area contributed by atoms with Crippen molar-refractivity contribution in [3.8, 4) is 0 Å². The van der Waals surface area contributed by atoms with E-state index in [1.807, 2.05) is 0 Å². The van der Waals surface area contributed by atoms with Crippen LogP contribution >= 0.6 is 0 Å². The van der Waals surface area contributed by atoms with Gasteiger partial charge in [-0.25, -0.2) is 0 Å². The number of hydrogen-bond donors (Lipinski definition) is 1. The predicted molar refractivity (Wildman–Crippen MR) is 40.5 cm³/mol. The molecule has 3 aliphatic rings. The minimum absolute atomic E-state index is 0.0712. The van der Waals surface area contributed by atoms with Crippen LogP contribution in [0.4, 0.5) is 0 Å². The van der Waals surface area contributed by atoms with E-state index in [-0.39, 0.29) is 24.2 Å². The van der Waals surface area contributed by atoms with Gasteiger partial charge < -0.3 is 9.84 Å². The minimum atomic E-state index is -0.365. The summed E-state index contributed by atoms with van der Waals surface area (Å²) in [6.07, 6.45) is 2.17. The van der Waals surface area contributed by atoms with Crippen LogP contribution in [-0.2, 0) is 9.53 Å². The van der Waals surface area contributed by atoms with Crippen LogP contribution < -0.4 is 0 Å². The Balaban J connectivity index is 1.88. The van der Waals surface area contributed by atoms with Crippen molar-refractivity contribution in [2.75, 3.05) is 0 Å². The maximum absolute atomic E-state index is 11.2. The van der Waals surface area contributed by atoms with E-state index in [4.69, 9.17) is 4.74 Å². The Kier molecular flexibility index (Phi) is 1.23. The number of carbonyl (C=O) groups excluding carboxylic acids is 1. The molecule has 3 rings (SSSR count). The highest BCUT2D eigenvalue weighted by Crippen LogP contribution is 2.48. The van der Waals surface area contributed by atoms with Crippen LogP contribution in [0, 0.1) is 11.8 Å². The van der Waals surface area contributed by atoms with Crippen LogP contribution in [0.15, 0.2) is 0 Å². The number of rotatable bonds is 0. The SMILES string of the molecule is O=C1CC2CC(C1)C1OC1C2O. The van der Waals surface area contributed by atoms with E-state index in [0.29, 0.717) is 24.5 Å². The summed E-state index contributed by atoms with van der Waals surface area (Å²) in [5.41, 5.74) is 0. The molecule has 1 saturated heterocycles. The van der Waals surface area contributed by atoms with Crippen molar-refractivity contribution in [3.63, 3.8) is 0 Å². The predicted octanol–water partition coefficient (Wildman–Crippen LogP) is 0.114. The lowest BCUT2D eigenvalue weighted by Gasteiger charge is -2.33. The van der Waals surface area contributed by atoms with Crippen LogP contribution in [-0.4, -0.2) is 29.2 Å². The second-order valence-electron chi connectivity index (χ2n) is 4.26. The first-order chi connectivity index (χ1) is 5.75. The summed E-state index contributed by atoms with van der Waals surface area (Å²) in [6.45, 7) is 0. The molecule has 2 aliphatic carbocycles. The topological polar surface area (TPSA) is 49.8 Å². The zero-order valence-corrected chi connectivity index (χ0v) is 6.77. The highest BCUT2D eigenvalue weighted by Gasteiger charge is 2.58.